The van der Waals surface area contributed by atoms with E-state index in [1.165, 1.54) is 16.3 Å². The lowest BCUT2D eigenvalue weighted by Gasteiger charge is -2.12. The molecule has 0 spiro atoms. The molecule has 5 nitrogen and oxygen atoms in total. The molecule has 0 amide bonds. The number of hydrogen-bond acceptors (Lipinski definition) is 4. The molecule has 1 aliphatic heterocycles. The average Bonchev–Trinajstić information content (AvgIpc) is 2.83. The van der Waals surface area contributed by atoms with E-state index in [1.54, 1.807) is 13.2 Å². The number of para-hydroxylation sites is 1. The molecule has 98 valence electrons. The zero-order valence-electron chi connectivity index (χ0n) is 10.7. The van der Waals surface area contributed by atoms with Crippen molar-refractivity contribution in [2.75, 3.05) is 12.4 Å². The maximum absolute atomic E-state index is 11.9. The summed E-state index contributed by atoms with van der Waals surface area (Å²) >= 11 is 0. The van der Waals surface area contributed by atoms with Gasteiger partial charge in [-0.25, -0.2) is 4.68 Å². The maximum Gasteiger partial charge on any atom is 0.268 e. The van der Waals surface area contributed by atoms with Crippen molar-refractivity contribution in [3.05, 3.63) is 52.4 Å². The molecule has 0 saturated heterocycles. The highest BCUT2D eigenvalue weighted by Gasteiger charge is 2.23. The van der Waals surface area contributed by atoms with Crippen LogP contribution in [0.2, 0.25) is 0 Å². The Labute approximate surface area is 110 Å². The van der Waals surface area contributed by atoms with Crippen LogP contribution in [0.25, 0.3) is 0 Å². The minimum atomic E-state index is -0.119. The molecular formula is C14H15N3O2. The Bertz CT molecular complexity index is 626. The Morgan fingerprint density at radius 1 is 1.47 bits per heavy atom. The van der Waals surface area contributed by atoms with Gasteiger partial charge in [0.2, 0.25) is 0 Å². The number of nitrogens with zero attached hydrogens (tertiary/aromatic N) is 2. The summed E-state index contributed by atoms with van der Waals surface area (Å²) in [6.45, 7) is 0.470. The maximum atomic E-state index is 11.9. The number of fused-ring (bicyclic) bond motifs is 1. The summed E-state index contributed by atoms with van der Waals surface area (Å²) in [7, 11) is 1.76. The molecule has 2 aromatic rings. The second-order valence-corrected chi connectivity index (χ2v) is 4.57. The molecule has 5 heteroatoms. The summed E-state index contributed by atoms with van der Waals surface area (Å²) in [6.07, 6.45) is 2.43. The van der Waals surface area contributed by atoms with Crippen LogP contribution in [0.4, 0.5) is 5.69 Å². The minimum Gasteiger partial charge on any atom is -0.488 e. The van der Waals surface area contributed by atoms with Crippen LogP contribution in [0.15, 0.2) is 41.3 Å². The summed E-state index contributed by atoms with van der Waals surface area (Å²) in [5.74, 6) is 0.910. The molecule has 0 saturated carbocycles. The first kappa shape index (κ1) is 11.8. The molecule has 3 rings (SSSR count). The van der Waals surface area contributed by atoms with Crippen molar-refractivity contribution in [2.24, 2.45) is 0 Å². The number of rotatable bonds is 3. The highest BCUT2D eigenvalue weighted by Crippen LogP contribution is 2.28. The summed E-state index contributed by atoms with van der Waals surface area (Å²) in [6, 6.07) is 9.49. The van der Waals surface area contributed by atoms with Gasteiger partial charge in [0.25, 0.3) is 5.56 Å². The van der Waals surface area contributed by atoms with Gasteiger partial charge >= 0.3 is 0 Å². The first-order valence-electron chi connectivity index (χ1n) is 6.26. The van der Waals surface area contributed by atoms with Crippen molar-refractivity contribution in [2.45, 2.75) is 19.1 Å². The standard InChI is InChI=1S/C14H15N3O2/c1-15-11-7-14(18)17(16-8-11)9-12-6-10-4-2-3-5-13(10)19-12/h2-5,7-8,12,15H,6,9H2,1H3. The fourth-order valence-corrected chi connectivity index (χ4v) is 2.26. The lowest BCUT2D eigenvalue weighted by Crippen LogP contribution is -2.30. The second kappa shape index (κ2) is 4.76. The monoisotopic (exact) mass is 257 g/mol. The lowest BCUT2D eigenvalue weighted by molar-refractivity contribution is 0.200. The molecule has 1 aromatic carbocycles. The van der Waals surface area contributed by atoms with Crippen LogP contribution in [0.5, 0.6) is 5.75 Å². The SMILES string of the molecule is CNc1cnn(CC2Cc3ccccc3O2)c(=O)c1. The number of benzene rings is 1. The molecule has 1 atom stereocenters. The zero-order chi connectivity index (χ0) is 13.2. The molecule has 1 unspecified atom stereocenters. The predicted octanol–water partition coefficient (Wildman–Crippen LogP) is 1.29. The van der Waals surface area contributed by atoms with Crippen LogP contribution in [-0.4, -0.2) is 22.9 Å². The molecule has 2 heterocycles. The van der Waals surface area contributed by atoms with E-state index in [4.69, 9.17) is 4.74 Å². The van der Waals surface area contributed by atoms with Gasteiger partial charge in [-0.2, -0.15) is 5.10 Å². The van der Waals surface area contributed by atoms with Gasteiger partial charge in [0, 0.05) is 19.5 Å². The van der Waals surface area contributed by atoms with Gasteiger partial charge < -0.3 is 10.1 Å². The van der Waals surface area contributed by atoms with Gasteiger partial charge in [0.1, 0.15) is 11.9 Å². The van der Waals surface area contributed by atoms with Crippen LogP contribution in [0.1, 0.15) is 5.56 Å². The van der Waals surface area contributed by atoms with E-state index in [2.05, 4.69) is 16.5 Å². The Morgan fingerprint density at radius 2 is 2.32 bits per heavy atom. The average molecular weight is 257 g/mol. The fraction of sp³-hybridized carbons (Fsp3) is 0.286. The molecule has 0 fully saturated rings. The van der Waals surface area contributed by atoms with Gasteiger partial charge in [0.05, 0.1) is 18.4 Å². The Hall–Kier alpha value is -2.30. The molecule has 0 bridgehead atoms. The van der Waals surface area contributed by atoms with E-state index in [9.17, 15) is 4.79 Å². The van der Waals surface area contributed by atoms with E-state index in [1.807, 2.05) is 18.2 Å². The van der Waals surface area contributed by atoms with Crippen LogP contribution in [0.3, 0.4) is 0 Å². The topological polar surface area (TPSA) is 56.1 Å². The Morgan fingerprint density at radius 3 is 3.05 bits per heavy atom. The van der Waals surface area contributed by atoms with E-state index < -0.39 is 0 Å². The van der Waals surface area contributed by atoms with Crippen molar-refractivity contribution in [1.82, 2.24) is 9.78 Å². The Balaban J connectivity index is 1.76. The van der Waals surface area contributed by atoms with Crippen LogP contribution >= 0.6 is 0 Å². The van der Waals surface area contributed by atoms with Crippen molar-refractivity contribution >= 4 is 5.69 Å². The number of hydrogen-bond donors (Lipinski definition) is 1. The fourth-order valence-electron chi connectivity index (χ4n) is 2.26. The first-order chi connectivity index (χ1) is 9.26. The summed E-state index contributed by atoms with van der Waals surface area (Å²) in [5, 5.41) is 7.03. The van der Waals surface area contributed by atoms with E-state index in [0.717, 1.165) is 17.9 Å². The van der Waals surface area contributed by atoms with Gasteiger partial charge in [-0.3, -0.25) is 4.79 Å². The number of nitrogens with one attached hydrogen (secondary N) is 1. The van der Waals surface area contributed by atoms with Crippen LogP contribution in [0, 0.1) is 0 Å². The number of anilines is 1. The summed E-state index contributed by atoms with van der Waals surface area (Å²) in [5.41, 5.74) is 1.79. The van der Waals surface area contributed by atoms with E-state index in [0.29, 0.717) is 6.54 Å². The second-order valence-electron chi connectivity index (χ2n) is 4.57. The lowest BCUT2D eigenvalue weighted by atomic mass is 10.1. The van der Waals surface area contributed by atoms with Crippen molar-refractivity contribution < 1.29 is 4.74 Å². The minimum absolute atomic E-state index is 0.0250. The zero-order valence-corrected chi connectivity index (χ0v) is 10.7. The number of aromatic nitrogens is 2. The number of ether oxygens (including phenoxy) is 1. The smallest absolute Gasteiger partial charge is 0.268 e. The van der Waals surface area contributed by atoms with Crippen molar-refractivity contribution in [3.63, 3.8) is 0 Å². The molecule has 19 heavy (non-hydrogen) atoms. The molecular weight excluding hydrogens is 242 g/mol. The summed E-state index contributed by atoms with van der Waals surface area (Å²) in [4.78, 5) is 11.9. The Kier molecular flexibility index (Phi) is 2.95. The van der Waals surface area contributed by atoms with Gasteiger partial charge in [-0.1, -0.05) is 18.2 Å². The molecule has 1 aromatic heterocycles. The molecule has 0 radical (unpaired) electrons. The highest BCUT2D eigenvalue weighted by molar-refractivity contribution is 5.38. The van der Waals surface area contributed by atoms with Crippen LogP contribution < -0.4 is 15.6 Å². The predicted molar refractivity (Wildman–Crippen MR) is 72.6 cm³/mol. The van der Waals surface area contributed by atoms with Gasteiger partial charge in [-0.05, 0) is 11.6 Å². The van der Waals surface area contributed by atoms with Gasteiger partial charge in [-0.15, -0.1) is 0 Å². The first-order valence-corrected chi connectivity index (χ1v) is 6.26. The van der Waals surface area contributed by atoms with E-state index >= 15 is 0 Å². The molecule has 1 N–H and O–H groups in total. The quantitative estimate of drug-likeness (QED) is 0.900. The third-order valence-electron chi connectivity index (χ3n) is 3.25. The van der Waals surface area contributed by atoms with Crippen molar-refractivity contribution in [3.8, 4) is 5.75 Å². The van der Waals surface area contributed by atoms with Gasteiger partial charge in [0.15, 0.2) is 0 Å². The molecule has 1 aliphatic rings. The van der Waals surface area contributed by atoms with E-state index in [-0.39, 0.29) is 11.7 Å². The van der Waals surface area contributed by atoms with Crippen molar-refractivity contribution in [1.29, 1.82) is 0 Å². The highest BCUT2D eigenvalue weighted by atomic mass is 16.5. The normalized spacial score (nSPS) is 16.8. The van der Waals surface area contributed by atoms with Crippen LogP contribution in [-0.2, 0) is 13.0 Å². The third kappa shape index (κ3) is 2.31. The third-order valence-corrected chi connectivity index (χ3v) is 3.25. The summed E-state index contributed by atoms with van der Waals surface area (Å²) < 4.78 is 7.25. The molecule has 0 aliphatic carbocycles. The largest absolute Gasteiger partial charge is 0.488 e.